The minimum atomic E-state index is -1.25. The average molecular weight is 281 g/mol. The monoisotopic (exact) mass is 281 g/mol. The molecule has 2 N–H and O–H groups in total. The number of nitro groups is 1. The molecule has 2 unspecified atom stereocenters. The van der Waals surface area contributed by atoms with E-state index in [-0.39, 0.29) is 29.2 Å². The maximum atomic E-state index is 11.2. The van der Waals surface area contributed by atoms with Crippen LogP contribution in [-0.2, 0) is 4.74 Å². The molecule has 1 aromatic rings. The van der Waals surface area contributed by atoms with Crippen LogP contribution < -0.4 is 5.32 Å². The second-order valence-corrected chi connectivity index (χ2v) is 4.61. The van der Waals surface area contributed by atoms with Gasteiger partial charge in [-0.2, -0.15) is 0 Å². The van der Waals surface area contributed by atoms with Gasteiger partial charge < -0.3 is 15.2 Å². The molecule has 108 valence electrons. The van der Waals surface area contributed by atoms with E-state index in [1.165, 1.54) is 0 Å². The number of aromatic carboxylic acids is 1. The maximum Gasteiger partial charge on any atom is 0.339 e. The number of carboxylic acid groups (broad SMARTS) is 1. The van der Waals surface area contributed by atoms with Crippen LogP contribution in [0, 0.1) is 10.1 Å². The van der Waals surface area contributed by atoms with Crippen LogP contribution in [0.2, 0.25) is 0 Å². The van der Waals surface area contributed by atoms with E-state index < -0.39 is 10.9 Å². The van der Waals surface area contributed by atoms with E-state index in [1.54, 1.807) is 7.11 Å². The second kappa shape index (κ2) is 5.83. The number of pyridine rings is 1. The van der Waals surface area contributed by atoms with Crippen LogP contribution in [0.5, 0.6) is 0 Å². The first-order chi connectivity index (χ1) is 9.52. The van der Waals surface area contributed by atoms with Crippen LogP contribution >= 0.6 is 0 Å². The maximum absolute atomic E-state index is 11.2. The molecule has 1 aromatic heterocycles. The van der Waals surface area contributed by atoms with Gasteiger partial charge in [-0.3, -0.25) is 10.1 Å². The van der Waals surface area contributed by atoms with E-state index in [1.807, 2.05) is 0 Å². The third kappa shape index (κ3) is 2.85. The predicted octanol–water partition coefficient (Wildman–Crippen LogP) is 1.67. The molecule has 0 saturated heterocycles. The van der Waals surface area contributed by atoms with Gasteiger partial charge in [0.05, 0.1) is 17.1 Å². The van der Waals surface area contributed by atoms with Crippen LogP contribution in [-0.4, -0.2) is 40.2 Å². The summed E-state index contributed by atoms with van der Waals surface area (Å²) in [5, 5.41) is 22.8. The number of carboxylic acids is 1. The van der Waals surface area contributed by atoms with Gasteiger partial charge in [-0.05, 0) is 19.3 Å². The highest BCUT2D eigenvalue weighted by Gasteiger charge is 2.29. The Morgan fingerprint density at radius 2 is 2.35 bits per heavy atom. The first-order valence-corrected chi connectivity index (χ1v) is 6.20. The Kier molecular flexibility index (Phi) is 4.14. The first-order valence-electron chi connectivity index (χ1n) is 6.20. The Balaban J connectivity index is 2.27. The Morgan fingerprint density at radius 3 is 2.95 bits per heavy atom. The number of methoxy groups -OCH3 is 1. The van der Waals surface area contributed by atoms with Crippen molar-refractivity contribution in [3.05, 3.63) is 27.9 Å². The number of rotatable bonds is 5. The van der Waals surface area contributed by atoms with E-state index in [0.29, 0.717) is 0 Å². The molecule has 1 saturated carbocycles. The van der Waals surface area contributed by atoms with Crippen molar-refractivity contribution in [1.82, 2.24) is 4.98 Å². The summed E-state index contributed by atoms with van der Waals surface area (Å²) >= 11 is 0. The Morgan fingerprint density at radius 1 is 1.60 bits per heavy atom. The van der Waals surface area contributed by atoms with Crippen molar-refractivity contribution in [2.45, 2.75) is 31.4 Å². The highest BCUT2D eigenvalue weighted by atomic mass is 16.6. The van der Waals surface area contributed by atoms with E-state index >= 15 is 0 Å². The minimum absolute atomic E-state index is 0.00589. The van der Waals surface area contributed by atoms with Crippen molar-refractivity contribution in [1.29, 1.82) is 0 Å². The fourth-order valence-electron chi connectivity index (χ4n) is 2.38. The number of nitrogens with zero attached hydrogens (tertiary/aromatic N) is 2. The molecule has 0 aromatic carbocycles. The molecule has 2 atom stereocenters. The fourth-order valence-corrected chi connectivity index (χ4v) is 2.38. The largest absolute Gasteiger partial charge is 0.478 e. The number of carbonyl (C=O) groups is 1. The van der Waals surface area contributed by atoms with E-state index in [9.17, 15) is 14.9 Å². The van der Waals surface area contributed by atoms with Gasteiger partial charge >= 0.3 is 5.97 Å². The van der Waals surface area contributed by atoms with Crippen LogP contribution in [0.25, 0.3) is 0 Å². The zero-order valence-electron chi connectivity index (χ0n) is 10.9. The Labute approximate surface area is 114 Å². The summed E-state index contributed by atoms with van der Waals surface area (Å²) in [7, 11) is 1.60. The lowest BCUT2D eigenvalue weighted by atomic mass is 10.2. The van der Waals surface area contributed by atoms with Gasteiger partial charge in [0.25, 0.3) is 5.69 Å². The van der Waals surface area contributed by atoms with Crippen molar-refractivity contribution in [3.63, 3.8) is 0 Å². The number of nitrogens with one attached hydrogen (secondary N) is 1. The highest BCUT2D eigenvalue weighted by Crippen LogP contribution is 2.27. The molecule has 8 heteroatoms. The third-order valence-corrected chi connectivity index (χ3v) is 3.39. The van der Waals surface area contributed by atoms with Crippen LogP contribution in [0.15, 0.2) is 12.3 Å². The molecule has 1 fully saturated rings. The second-order valence-electron chi connectivity index (χ2n) is 4.61. The highest BCUT2D eigenvalue weighted by molar-refractivity contribution is 5.93. The molecule has 20 heavy (non-hydrogen) atoms. The molecule has 0 amide bonds. The van der Waals surface area contributed by atoms with Crippen molar-refractivity contribution in [3.8, 4) is 0 Å². The number of hydrogen-bond acceptors (Lipinski definition) is 6. The Hall–Kier alpha value is -2.22. The predicted molar refractivity (Wildman–Crippen MR) is 69.9 cm³/mol. The zero-order valence-corrected chi connectivity index (χ0v) is 10.9. The normalized spacial score (nSPS) is 21.6. The lowest BCUT2D eigenvalue weighted by molar-refractivity contribution is -0.385. The van der Waals surface area contributed by atoms with Gasteiger partial charge in [0.15, 0.2) is 0 Å². The van der Waals surface area contributed by atoms with Crippen molar-refractivity contribution in [2.24, 2.45) is 0 Å². The van der Waals surface area contributed by atoms with Crippen molar-refractivity contribution < 1.29 is 19.6 Å². The summed E-state index contributed by atoms with van der Waals surface area (Å²) in [6.07, 6.45) is 3.75. The summed E-state index contributed by atoms with van der Waals surface area (Å²) in [5.41, 5.74) is -0.552. The summed E-state index contributed by atoms with van der Waals surface area (Å²) < 4.78 is 5.31. The summed E-state index contributed by atoms with van der Waals surface area (Å²) in [4.78, 5) is 25.0. The van der Waals surface area contributed by atoms with Gasteiger partial charge in [-0.15, -0.1) is 0 Å². The van der Waals surface area contributed by atoms with E-state index in [0.717, 1.165) is 31.5 Å². The number of hydrogen-bond donors (Lipinski definition) is 2. The summed E-state index contributed by atoms with van der Waals surface area (Å²) in [6.45, 7) is 0. The van der Waals surface area contributed by atoms with Crippen LogP contribution in [0.4, 0.5) is 11.5 Å². The standard InChI is InChI=1S/C12H15N3O5/c1-20-10-4-2-3-9(10)14-11-8(12(16)17)5-7(6-13-11)15(18)19/h5-6,9-10H,2-4H2,1H3,(H,13,14)(H,16,17). The molecule has 1 aliphatic carbocycles. The smallest absolute Gasteiger partial charge is 0.339 e. The number of aromatic nitrogens is 1. The third-order valence-electron chi connectivity index (χ3n) is 3.39. The Bertz CT molecular complexity index is 534. The molecule has 0 spiro atoms. The van der Waals surface area contributed by atoms with Crippen LogP contribution in [0.3, 0.4) is 0 Å². The molecular weight excluding hydrogens is 266 g/mol. The van der Waals surface area contributed by atoms with Gasteiger partial charge in [0, 0.05) is 13.2 Å². The summed E-state index contributed by atoms with van der Waals surface area (Å²) in [6, 6.07) is 0.973. The average Bonchev–Trinajstić information content (AvgIpc) is 2.85. The molecule has 2 rings (SSSR count). The molecule has 0 bridgehead atoms. The number of ether oxygens (including phenoxy) is 1. The van der Waals surface area contributed by atoms with Crippen molar-refractivity contribution >= 4 is 17.5 Å². The molecule has 0 aliphatic heterocycles. The lowest BCUT2D eigenvalue weighted by Gasteiger charge is -2.20. The first kappa shape index (κ1) is 14.2. The van der Waals surface area contributed by atoms with Gasteiger partial charge in [0.2, 0.25) is 0 Å². The molecule has 8 nitrogen and oxygen atoms in total. The van der Waals surface area contributed by atoms with Gasteiger partial charge in [-0.1, -0.05) is 0 Å². The molecule has 1 heterocycles. The lowest BCUT2D eigenvalue weighted by Crippen LogP contribution is -2.30. The van der Waals surface area contributed by atoms with Crippen LogP contribution in [0.1, 0.15) is 29.6 Å². The quantitative estimate of drug-likeness (QED) is 0.623. The van der Waals surface area contributed by atoms with E-state index in [4.69, 9.17) is 9.84 Å². The van der Waals surface area contributed by atoms with Crippen molar-refractivity contribution in [2.75, 3.05) is 12.4 Å². The van der Waals surface area contributed by atoms with E-state index in [2.05, 4.69) is 10.3 Å². The summed E-state index contributed by atoms with van der Waals surface area (Å²) in [5.74, 6) is -1.12. The van der Waals surface area contributed by atoms with Gasteiger partial charge in [0.1, 0.15) is 17.6 Å². The number of anilines is 1. The van der Waals surface area contributed by atoms with Gasteiger partial charge in [-0.25, -0.2) is 9.78 Å². The fraction of sp³-hybridized carbons (Fsp3) is 0.500. The zero-order chi connectivity index (χ0) is 14.7. The topological polar surface area (TPSA) is 115 Å². The molecule has 1 aliphatic rings. The molecular formula is C12H15N3O5. The minimum Gasteiger partial charge on any atom is -0.478 e. The SMILES string of the molecule is COC1CCCC1Nc1ncc([N+](=O)[O-])cc1C(=O)O. The molecule has 0 radical (unpaired) electrons.